The fourth-order valence-electron chi connectivity index (χ4n) is 1.85. The van der Waals surface area contributed by atoms with Gasteiger partial charge in [0.05, 0.1) is 6.10 Å². The lowest BCUT2D eigenvalue weighted by Gasteiger charge is -2.26. The Kier molecular flexibility index (Phi) is 3.20. The van der Waals surface area contributed by atoms with Gasteiger partial charge in [-0.3, -0.25) is 4.79 Å². The Balaban J connectivity index is 2.56. The molecule has 1 rings (SSSR count). The Hall–Kier alpha value is -0.570. The van der Waals surface area contributed by atoms with E-state index in [1.807, 2.05) is 0 Å². The fraction of sp³-hybridized carbons (Fsp3) is 0.909. The lowest BCUT2D eigenvalue weighted by molar-refractivity contribution is -0.128. The number of aliphatic hydroxyl groups excluding tert-OH is 1. The topological polar surface area (TPSA) is 40.5 Å². The molecule has 2 atom stereocenters. The summed E-state index contributed by atoms with van der Waals surface area (Å²) < 4.78 is 0. The smallest absolute Gasteiger partial charge is 0.223 e. The molecule has 0 spiro atoms. The summed E-state index contributed by atoms with van der Waals surface area (Å²) in [6.45, 7) is 9.49. The first-order valence-corrected chi connectivity index (χ1v) is 5.26. The van der Waals surface area contributed by atoms with Gasteiger partial charge in [-0.25, -0.2) is 0 Å². The molecule has 3 nitrogen and oxygen atoms in total. The highest BCUT2D eigenvalue weighted by molar-refractivity contribution is 5.78. The van der Waals surface area contributed by atoms with Gasteiger partial charge >= 0.3 is 0 Å². The third-order valence-electron chi connectivity index (χ3n) is 2.92. The molecule has 1 aliphatic heterocycles. The second-order valence-electron chi connectivity index (χ2n) is 5.41. The van der Waals surface area contributed by atoms with Gasteiger partial charge in [-0.15, -0.1) is 0 Å². The van der Waals surface area contributed by atoms with Gasteiger partial charge in [0.1, 0.15) is 0 Å². The zero-order valence-electron chi connectivity index (χ0n) is 9.58. The molecular formula is C11H21NO2. The van der Waals surface area contributed by atoms with E-state index in [0.29, 0.717) is 18.9 Å². The van der Waals surface area contributed by atoms with Crippen molar-refractivity contribution in [3.63, 3.8) is 0 Å². The standard InChI is InChI=1S/C11H21NO2/c1-8(13)6-12-7-9(5-10(12)14)11(2,3)4/h8-9,13H,5-7H2,1-4H3. The maximum Gasteiger partial charge on any atom is 0.223 e. The first-order chi connectivity index (χ1) is 6.30. The van der Waals surface area contributed by atoms with Crippen LogP contribution in [0.2, 0.25) is 0 Å². The van der Waals surface area contributed by atoms with Crippen LogP contribution < -0.4 is 0 Å². The SMILES string of the molecule is CC(O)CN1CC(C(C)(C)C)CC1=O. The molecule has 1 fully saturated rings. The van der Waals surface area contributed by atoms with Crippen LogP contribution >= 0.6 is 0 Å². The molecule has 1 aliphatic rings. The molecule has 0 bridgehead atoms. The van der Waals surface area contributed by atoms with Crippen LogP contribution in [0.5, 0.6) is 0 Å². The summed E-state index contributed by atoms with van der Waals surface area (Å²) in [7, 11) is 0. The molecule has 1 saturated heterocycles. The van der Waals surface area contributed by atoms with Crippen molar-refractivity contribution in [2.75, 3.05) is 13.1 Å². The van der Waals surface area contributed by atoms with Crippen LogP contribution in [0.25, 0.3) is 0 Å². The zero-order chi connectivity index (χ0) is 10.9. The summed E-state index contributed by atoms with van der Waals surface area (Å²) in [4.78, 5) is 13.4. The first-order valence-electron chi connectivity index (χ1n) is 5.26. The molecule has 14 heavy (non-hydrogen) atoms. The second-order valence-corrected chi connectivity index (χ2v) is 5.41. The fourth-order valence-corrected chi connectivity index (χ4v) is 1.85. The summed E-state index contributed by atoms with van der Waals surface area (Å²) in [6, 6.07) is 0. The van der Waals surface area contributed by atoms with E-state index in [9.17, 15) is 9.90 Å². The molecular weight excluding hydrogens is 178 g/mol. The van der Waals surface area contributed by atoms with Gasteiger partial charge in [-0.2, -0.15) is 0 Å². The van der Waals surface area contributed by atoms with Crippen LogP contribution in [0.1, 0.15) is 34.1 Å². The lowest BCUT2D eigenvalue weighted by Crippen LogP contribution is -2.33. The van der Waals surface area contributed by atoms with Gasteiger partial charge in [-0.05, 0) is 18.3 Å². The largest absolute Gasteiger partial charge is 0.392 e. The highest BCUT2D eigenvalue weighted by Gasteiger charge is 2.36. The van der Waals surface area contributed by atoms with E-state index in [1.165, 1.54) is 0 Å². The number of carbonyl (C=O) groups excluding carboxylic acids is 1. The molecule has 0 aliphatic carbocycles. The van der Waals surface area contributed by atoms with Crippen molar-refractivity contribution < 1.29 is 9.90 Å². The summed E-state index contributed by atoms with van der Waals surface area (Å²) >= 11 is 0. The van der Waals surface area contributed by atoms with Gasteiger partial charge in [-0.1, -0.05) is 20.8 Å². The van der Waals surface area contributed by atoms with E-state index >= 15 is 0 Å². The van der Waals surface area contributed by atoms with E-state index in [0.717, 1.165) is 6.54 Å². The quantitative estimate of drug-likeness (QED) is 0.727. The Labute approximate surface area is 86.1 Å². The van der Waals surface area contributed by atoms with E-state index < -0.39 is 6.10 Å². The second kappa shape index (κ2) is 3.89. The van der Waals surface area contributed by atoms with Crippen molar-refractivity contribution >= 4 is 5.91 Å². The number of aliphatic hydroxyl groups is 1. The molecule has 82 valence electrons. The van der Waals surface area contributed by atoms with Crippen molar-refractivity contribution in [1.82, 2.24) is 4.90 Å². The molecule has 2 unspecified atom stereocenters. The normalized spacial score (nSPS) is 25.6. The van der Waals surface area contributed by atoms with Gasteiger partial charge in [0, 0.05) is 19.5 Å². The van der Waals surface area contributed by atoms with Crippen molar-refractivity contribution in [3.05, 3.63) is 0 Å². The van der Waals surface area contributed by atoms with Crippen molar-refractivity contribution in [1.29, 1.82) is 0 Å². The Morgan fingerprint density at radius 1 is 1.57 bits per heavy atom. The Bertz CT molecular complexity index is 218. The van der Waals surface area contributed by atoms with Gasteiger partial charge in [0.15, 0.2) is 0 Å². The van der Waals surface area contributed by atoms with Crippen LogP contribution in [0, 0.1) is 11.3 Å². The maximum atomic E-state index is 11.6. The third kappa shape index (κ3) is 2.71. The average molecular weight is 199 g/mol. The minimum atomic E-state index is -0.419. The van der Waals surface area contributed by atoms with Crippen LogP contribution in [0.3, 0.4) is 0 Å². The van der Waals surface area contributed by atoms with Crippen LogP contribution in [-0.2, 0) is 4.79 Å². The molecule has 1 amide bonds. The number of likely N-dealkylation sites (tertiary alicyclic amines) is 1. The number of hydrogen-bond acceptors (Lipinski definition) is 2. The van der Waals surface area contributed by atoms with Crippen LogP contribution in [0.4, 0.5) is 0 Å². The van der Waals surface area contributed by atoms with E-state index in [-0.39, 0.29) is 11.3 Å². The number of β-amino-alcohol motifs (C(OH)–C–C–N with tert-alkyl or cyclic N) is 1. The number of hydrogen-bond donors (Lipinski definition) is 1. The highest BCUT2D eigenvalue weighted by Crippen LogP contribution is 2.34. The molecule has 3 heteroatoms. The van der Waals surface area contributed by atoms with Crippen molar-refractivity contribution in [2.45, 2.75) is 40.2 Å². The Morgan fingerprint density at radius 2 is 2.14 bits per heavy atom. The van der Waals surface area contributed by atoms with Gasteiger partial charge < -0.3 is 10.0 Å². The first kappa shape index (κ1) is 11.5. The number of nitrogens with zero attached hydrogens (tertiary/aromatic N) is 1. The minimum Gasteiger partial charge on any atom is -0.392 e. The third-order valence-corrected chi connectivity index (χ3v) is 2.92. The molecule has 0 aromatic carbocycles. The molecule has 1 N–H and O–H groups in total. The number of carbonyl (C=O) groups is 1. The molecule has 0 saturated carbocycles. The Morgan fingerprint density at radius 3 is 2.50 bits per heavy atom. The number of amides is 1. The number of rotatable bonds is 2. The summed E-state index contributed by atoms with van der Waals surface area (Å²) in [6.07, 6.45) is 0.216. The van der Waals surface area contributed by atoms with Crippen molar-refractivity contribution in [2.24, 2.45) is 11.3 Å². The predicted octanol–water partition coefficient (Wildman–Crippen LogP) is 1.26. The average Bonchev–Trinajstić information content (AvgIpc) is 2.30. The molecule has 0 aromatic heterocycles. The van der Waals surface area contributed by atoms with Crippen LogP contribution in [0.15, 0.2) is 0 Å². The monoisotopic (exact) mass is 199 g/mol. The molecule has 0 radical (unpaired) electrons. The maximum absolute atomic E-state index is 11.6. The molecule has 1 heterocycles. The summed E-state index contributed by atoms with van der Waals surface area (Å²) in [5.41, 5.74) is 0.184. The van der Waals surface area contributed by atoms with Gasteiger partial charge in [0.2, 0.25) is 5.91 Å². The van der Waals surface area contributed by atoms with Crippen molar-refractivity contribution in [3.8, 4) is 0 Å². The van der Waals surface area contributed by atoms with Gasteiger partial charge in [0.25, 0.3) is 0 Å². The van der Waals surface area contributed by atoms with E-state index in [4.69, 9.17) is 0 Å². The minimum absolute atomic E-state index is 0.184. The summed E-state index contributed by atoms with van der Waals surface area (Å²) in [5.74, 6) is 0.611. The molecule has 0 aromatic rings. The zero-order valence-corrected chi connectivity index (χ0v) is 9.58. The lowest BCUT2D eigenvalue weighted by atomic mass is 9.80. The van der Waals surface area contributed by atoms with Crippen LogP contribution in [-0.4, -0.2) is 35.1 Å². The predicted molar refractivity (Wildman–Crippen MR) is 55.8 cm³/mol. The van der Waals surface area contributed by atoms with E-state index in [1.54, 1.807) is 11.8 Å². The van der Waals surface area contributed by atoms with E-state index in [2.05, 4.69) is 20.8 Å². The summed E-state index contributed by atoms with van der Waals surface area (Å²) in [5, 5.41) is 9.23. The highest BCUT2D eigenvalue weighted by atomic mass is 16.3.